The Kier molecular flexibility index (Phi) is 11.0. The SMILES string of the molecule is NCCCCC(NC(=O)C(N)Cc1c[nH]c2ccccc12)C(=O)NC(Cc1ccc(O)cc1)C(=O)NCC(=O)O. The predicted octanol–water partition coefficient (Wildman–Crippen LogP) is 0.285. The lowest BCUT2D eigenvalue weighted by Gasteiger charge is -2.24. The molecule has 10 N–H and O–H groups in total. The Balaban J connectivity index is 1.72. The molecule has 3 unspecified atom stereocenters. The maximum atomic E-state index is 13.3. The van der Waals surface area contributed by atoms with Crippen molar-refractivity contribution in [2.24, 2.45) is 11.5 Å². The second-order valence-corrected chi connectivity index (χ2v) is 9.56. The van der Waals surface area contributed by atoms with Crippen molar-refractivity contribution in [3.8, 4) is 5.75 Å². The van der Waals surface area contributed by atoms with E-state index >= 15 is 0 Å². The zero-order chi connectivity index (χ0) is 29.1. The van der Waals surface area contributed by atoms with Crippen LogP contribution in [0.1, 0.15) is 30.4 Å². The molecule has 12 heteroatoms. The van der Waals surface area contributed by atoms with Crippen molar-refractivity contribution in [1.82, 2.24) is 20.9 Å². The number of carboxylic acids is 1. The number of aromatic amines is 1. The lowest BCUT2D eigenvalue weighted by molar-refractivity contribution is -0.138. The van der Waals surface area contributed by atoms with Crippen LogP contribution < -0.4 is 27.4 Å². The Hall–Kier alpha value is -4.42. The number of phenols is 1. The highest BCUT2D eigenvalue weighted by molar-refractivity contribution is 5.94. The number of benzene rings is 2. The van der Waals surface area contributed by atoms with E-state index in [1.54, 1.807) is 18.3 Å². The van der Waals surface area contributed by atoms with Crippen molar-refractivity contribution in [2.75, 3.05) is 13.1 Å². The summed E-state index contributed by atoms with van der Waals surface area (Å²) in [6.07, 6.45) is 3.50. The van der Waals surface area contributed by atoms with Gasteiger partial charge in [-0.05, 0) is 61.6 Å². The number of nitrogens with one attached hydrogen (secondary N) is 4. The highest BCUT2D eigenvalue weighted by Gasteiger charge is 2.28. The van der Waals surface area contributed by atoms with E-state index in [0.717, 1.165) is 16.5 Å². The van der Waals surface area contributed by atoms with Gasteiger partial charge in [0, 0.05) is 23.5 Å². The summed E-state index contributed by atoms with van der Waals surface area (Å²) >= 11 is 0. The van der Waals surface area contributed by atoms with Gasteiger partial charge in [0.1, 0.15) is 24.4 Å². The van der Waals surface area contributed by atoms with E-state index in [-0.39, 0.29) is 25.0 Å². The van der Waals surface area contributed by atoms with Gasteiger partial charge in [0.25, 0.3) is 0 Å². The summed E-state index contributed by atoms with van der Waals surface area (Å²) in [5, 5.41) is 27.1. The number of phenolic OH excluding ortho intramolecular Hbond substituents is 1. The fraction of sp³-hybridized carbons (Fsp3) is 0.357. The topological polar surface area (TPSA) is 213 Å². The lowest BCUT2D eigenvalue weighted by Crippen LogP contribution is -2.56. The van der Waals surface area contributed by atoms with E-state index in [9.17, 15) is 24.3 Å². The molecule has 0 aliphatic heterocycles. The summed E-state index contributed by atoms with van der Waals surface area (Å²) in [7, 11) is 0. The van der Waals surface area contributed by atoms with Gasteiger partial charge in [-0.2, -0.15) is 0 Å². The second kappa shape index (κ2) is 14.7. The van der Waals surface area contributed by atoms with Crippen LogP contribution in [-0.4, -0.2) is 70.1 Å². The van der Waals surface area contributed by atoms with Crippen molar-refractivity contribution in [1.29, 1.82) is 0 Å². The summed E-state index contributed by atoms with van der Waals surface area (Å²) < 4.78 is 0. The number of carbonyl (C=O) groups is 4. The number of para-hydroxylation sites is 1. The maximum Gasteiger partial charge on any atom is 0.322 e. The number of aromatic hydroxyl groups is 1. The van der Waals surface area contributed by atoms with E-state index in [2.05, 4.69) is 20.9 Å². The number of fused-ring (bicyclic) bond motifs is 1. The van der Waals surface area contributed by atoms with Gasteiger partial charge in [0.2, 0.25) is 17.7 Å². The highest BCUT2D eigenvalue weighted by atomic mass is 16.4. The number of hydrogen-bond acceptors (Lipinski definition) is 7. The molecule has 214 valence electrons. The number of H-pyrrole nitrogens is 1. The van der Waals surface area contributed by atoms with Crippen molar-refractivity contribution in [2.45, 2.75) is 50.2 Å². The van der Waals surface area contributed by atoms with Gasteiger partial charge >= 0.3 is 5.97 Å². The van der Waals surface area contributed by atoms with Crippen LogP contribution in [0.2, 0.25) is 0 Å². The number of amides is 3. The molecule has 1 aromatic heterocycles. The Morgan fingerprint density at radius 2 is 1.57 bits per heavy atom. The van der Waals surface area contributed by atoms with Crippen molar-refractivity contribution in [3.63, 3.8) is 0 Å². The average molecular weight is 553 g/mol. The molecule has 0 spiro atoms. The minimum Gasteiger partial charge on any atom is -0.508 e. The van der Waals surface area contributed by atoms with Crippen molar-refractivity contribution >= 4 is 34.6 Å². The molecule has 1 heterocycles. The van der Waals surface area contributed by atoms with E-state index in [1.807, 2.05) is 24.3 Å². The fourth-order valence-electron chi connectivity index (χ4n) is 4.31. The molecule has 0 aliphatic carbocycles. The quantitative estimate of drug-likeness (QED) is 0.122. The van der Waals surface area contributed by atoms with Crippen LogP contribution in [0.4, 0.5) is 0 Å². The predicted molar refractivity (Wildman–Crippen MR) is 149 cm³/mol. The van der Waals surface area contributed by atoms with Crippen molar-refractivity contribution < 1.29 is 29.4 Å². The smallest absolute Gasteiger partial charge is 0.322 e. The molecule has 0 saturated heterocycles. The number of rotatable bonds is 15. The Morgan fingerprint density at radius 3 is 2.27 bits per heavy atom. The van der Waals surface area contributed by atoms with Crippen LogP contribution in [-0.2, 0) is 32.0 Å². The van der Waals surface area contributed by atoms with E-state index in [0.29, 0.717) is 24.9 Å². The van der Waals surface area contributed by atoms with Gasteiger partial charge in [0.15, 0.2) is 0 Å². The zero-order valence-corrected chi connectivity index (χ0v) is 22.1. The molecule has 0 saturated carbocycles. The molecule has 3 amide bonds. The molecule has 0 fully saturated rings. The van der Waals surface area contributed by atoms with Gasteiger partial charge in [-0.3, -0.25) is 19.2 Å². The van der Waals surface area contributed by atoms with Gasteiger partial charge in [-0.1, -0.05) is 30.3 Å². The summed E-state index contributed by atoms with van der Waals surface area (Å²) in [6, 6.07) is 10.6. The minimum atomic E-state index is -1.24. The highest BCUT2D eigenvalue weighted by Crippen LogP contribution is 2.19. The third-order valence-corrected chi connectivity index (χ3v) is 6.45. The molecule has 12 nitrogen and oxygen atoms in total. The van der Waals surface area contributed by atoms with Gasteiger partial charge in [0.05, 0.1) is 6.04 Å². The van der Waals surface area contributed by atoms with Gasteiger partial charge in [-0.15, -0.1) is 0 Å². The molecule has 0 aliphatic rings. The largest absolute Gasteiger partial charge is 0.508 e. The first-order valence-corrected chi connectivity index (χ1v) is 13.1. The zero-order valence-electron chi connectivity index (χ0n) is 22.1. The molecule has 0 bridgehead atoms. The summed E-state index contributed by atoms with van der Waals surface area (Å²) in [4.78, 5) is 53.3. The number of hydrogen-bond donors (Lipinski definition) is 8. The number of nitrogens with two attached hydrogens (primary N) is 2. The first kappa shape index (κ1) is 30.1. The van der Waals surface area contributed by atoms with Gasteiger partial charge in [-0.25, -0.2) is 0 Å². The van der Waals surface area contributed by atoms with E-state index < -0.39 is 48.4 Å². The number of aliphatic carboxylic acids is 1. The van der Waals surface area contributed by atoms with Crippen LogP contribution in [0.15, 0.2) is 54.7 Å². The number of carboxylic acid groups (broad SMARTS) is 1. The molecule has 3 atom stereocenters. The Morgan fingerprint density at radius 1 is 0.875 bits per heavy atom. The monoisotopic (exact) mass is 552 g/mol. The Bertz CT molecular complexity index is 1310. The normalized spacial score (nSPS) is 13.2. The third kappa shape index (κ3) is 8.82. The van der Waals surface area contributed by atoms with Crippen LogP contribution in [0.5, 0.6) is 5.75 Å². The lowest BCUT2D eigenvalue weighted by atomic mass is 10.0. The molecule has 40 heavy (non-hydrogen) atoms. The molecule has 2 aromatic carbocycles. The minimum absolute atomic E-state index is 0.0288. The Labute approximate surface area is 231 Å². The molecule has 3 aromatic rings. The van der Waals surface area contributed by atoms with Gasteiger partial charge < -0.3 is 42.6 Å². The maximum absolute atomic E-state index is 13.3. The molecule has 0 radical (unpaired) electrons. The summed E-state index contributed by atoms with van der Waals surface area (Å²) in [5.41, 5.74) is 14.2. The number of carbonyl (C=O) groups excluding carboxylic acids is 3. The van der Waals surface area contributed by atoms with E-state index in [4.69, 9.17) is 16.6 Å². The van der Waals surface area contributed by atoms with Crippen LogP contribution in [0, 0.1) is 0 Å². The molecular weight excluding hydrogens is 516 g/mol. The average Bonchev–Trinajstić information content (AvgIpc) is 3.34. The third-order valence-electron chi connectivity index (χ3n) is 6.45. The summed E-state index contributed by atoms with van der Waals surface area (Å²) in [6.45, 7) is -0.219. The molecule has 3 rings (SSSR count). The first-order chi connectivity index (χ1) is 19.2. The number of aromatic nitrogens is 1. The van der Waals surface area contributed by atoms with Crippen LogP contribution in [0.3, 0.4) is 0 Å². The molecular formula is C28H36N6O6. The fourth-order valence-corrected chi connectivity index (χ4v) is 4.31. The second-order valence-electron chi connectivity index (χ2n) is 9.56. The van der Waals surface area contributed by atoms with Crippen LogP contribution >= 0.6 is 0 Å². The van der Waals surface area contributed by atoms with Crippen molar-refractivity contribution in [3.05, 3.63) is 65.9 Å². The first-order valence-electron chi connectivity index (χ1n) is 13.1. The summed E-state index contributed by atoms with van der Waals surface area (Å²) in [5.74, 6) is -3.04. The van der Waals surface area contributed by atoms with Crippen LogP contribution in [0.25, 0.3) is 10.9 Å². The standard InChI is InChI=1S/C28H36N6O6/c29-12-4-3-7-23(33-26(38)21(30)14-18-15-31-22-6-2-1-5-20(18)22)28(40)34-24(27(39)32-16-25(36)37)13-17-8-10-19(35)11-9-17/h1-2,5-6,8-11,15,21,23-24,31,35H,3-4,7,12-14,16,29-30H2,(H,32,39)(H,33,38)(H,34,40)(H,36,37). The number of unbranched alkanes of at least 4 members (excludes halogenated alkanes) is 1. The van der Waals surface area contributed by atoms with E-state index in [1.165, 1.54) is 12.1 Å².